The van der Waals surface area contributed by atoms with E-state index in [1.54, 1.807) is 6.07 Å². The molecule has 18 heavy (non-hydrogen) atoms. The Hall–Kier alpha value is -2.63. The lowest BCUT2D eigenvalue weighted by Gasteiger charge is -1.98. The molecule has 0 saturated heterocycles. The number of benzene rings is 1. The Kier molecular flexibility index (Phi) is 2.33. The van der Waals surface area contributed by atoms with E-state index in [-0.39, 0.29) is 17.2 Å². The maximum absolute atomic E-state index is 13.1. The maximum atomic E-state index is 13.1. The van der Waals surface area contributed by atoms with Gasteiger partial charge in [0.1, 0.15) is 17.8 Å². The van der Waals surface area contributed by atoms with Gasteiger partial charge in [-0.3, -0.25) is 0 Å². The molecule has 2 heterocycles. The normalized spacial score (nSPS) is 10.7. The van der Waals surface area contributed by atoms with E-state index >= 15 is 0 Å². The van der Waals surface area contributed by atoms with Crippen molar-refractivity contribution < 1.29 is 18.4 Å². The topological polar surface area (TPSA) is 72.3 Å². The number of hydrogen-bond donors (Lipinski definition) is 1. The molecular weight excluding hydrogens is 239 g/mol. The highest BCUT2D eigenvalue weighted by atomic mass is 19.1. The Morgan fingerprint density at radius 1 is 1.22 bits per heavy atom. The number of furan rings is 1. The van der Waals surface area contributed by atoms with Crippen LogP contribution in [0, 0.1) is 5.82 Å². The number of aromatic nitrogens is 2. The minimum atomic E-state index is -0.495. The van der Waals surface area contributed by atoms with Crippen molar-refractivity contribution >= 4 is 0 Å². The Bertz CT molecular complexity index is 676. The number of halogens is 1. The van der Waals surface area contributed by atoms with Gasteiger partial charge in [-0.25, -0.2) is 4.39 Å². The number of nitrogens with zero attached hydrogens (tertiary/aromatic N) is 2. The molecule has 3 aromatic rings. The molecule has 0 unspecified atom stereocenters. The highest BCUT2D eigenvalue weighted by Crippen LogP contribution is 2.29. The van der Waals surface area contributed by atoms with Crippen LogP contribution in [-0.2, 0) is 0 Å². The molecule has 1 aromatic carbocycles. The zero-order valence-corrected chi connectivity index (χ0v) is 9.00. The van der Waals surface area contributed by atoms with E-state index in [0.717, 1.165) is 12.1 Å². The third kappa shape index (κ3) is 1.73. The molecule has 0 aliphatic rings. The van der Waals surface area contributed by atoms with Crippen LogP contribution in [0.1, 0.15) is 0 Å². The summed E-state index contributed by atoms with van der Waals surface area (Å²) in [4.78, 5) is 4.06. The van der Waals surface area contributed by atoms with Crippen LogP contribution in [0.4, 0.5) is 4.39 Å². The molecule has 6 heteroatoms. The van der Waals surface area contributed by atoms with E-state index in [9.17, 15) is 9.50 Å². The lowest BCUT2D eigenvalue weighted by atomic mass is 10.2. The fourth-order valence-corrected chi connectivity index (χ4v) is 1.52. The van der Waals surface area contributed by atoms with Crippen LogP contribution in [0.15, 0.2) is 45.7 Å². The summed E-state index contributed by atoms with van der Waals surface area (Å²) in [6, 6.07) is 5.17. The summed E-state index contributed by atoms with van der Waals surface area (Å²) in [5.41, 5.74) is 0.790. The van der Waals surface area contributed by atoms with Crippen molar-refractivity contribution in [2.24, 2.45) is 0 Å². The monoisotopic (exact) mass is 246 g/mol. The fraction of sp³-hybridized carbons (Fsp3) is 0. The minimum Gasteiger partial charge on any atom is -0.507 e. The first-order valence-electron chi connectivity index (χ1n) is 5.09. The summed E-state index contributed by atoms with van der Waals surface area (Å²) >= 11 is 0. The van der Waals surface area contributed by atoms with Crippen molar-refractivity contribution in [2.45, 2.75) is 0 Å². The first-order chi connectivity index (χ1) is 8.74. The summed E-state index contributed by atoms with van der Waals surface area (Å²) in [7, 11) is 0. The lowest BCUT2D eigenvalue weighted by molar-refractivity contribution is 0.425. The standard InChI is InChI=1S/C12H7FN2O3/c13-8-1-2-10(16)9(5-8)12-14-11(15-18-12)7-3-4-17-6-7/h1-6,16H. The molecule has 0 saturated carbocycles. The van der Waals surface area contributed by atoms with Gasteiger partial charge in [-0.15, -0.1) is 0 Å². The van der Waals surface area contributed by atoms with Crippen LogP contribution in [0.3, 0.4) is 0 Å². The van der Waals surface area contributed by atoms with Gasteiger partial charge >= 0.3 is 0 Å². The molecule has 3 rings (SSSR count). The lowest BCUT2D eigenvalue weighted by Crippen LogP contribution is -1.82. The van der Waals surface area contributed by atoms with Crippen molar-refractivity contribution in [3.8, 4) is 28.6 Å². The van der Waals surface area contributed by atoms with Gasteiger partial charge in [0.2, 0.25) is 5.82 Å². The largest absolute Gasteiger partial charge is 0.507 e. The first kappa shape index (κ1) is 10.5. The van der Waals surface area contributed by atoms with Crippen LogP contribution in [0.2, 0.25) is 0 Å². The highest BCUT2D eigenvalue weighted by Gasteiger charge is 2.15. The van der Waals surface area contributed by atoms with E-state index < -0.39 is 5.82 Å². The van der Waals surface area contributed by atoms with Crippen molar-refractivity contribution in [1.82, 2.24) is 10.1 Å². The summed E-state index contributed by atoms with van der Waals surface area (Å²) in [6.45, 7) is 0. The van der Waals surface area contributed by atoms with E-state index in [4.69, 9.17) is 8.94 Å². The Morgan fingerprint density at radius 3 is 2.89 bits per heavy atom. The van der Waals surface area contributed by atoms with E-state index in [2.05, 4.69) is 10.1 Å². The number of phenolic OH excluding ortho intramolecular Hbond substituents is 1. The van der Waals surface area contributed by atoms with Crippen LogP contribution in [0.25, 0.3) is 22.8 Å². The second-order valence-corrected chi connectivity index (χ2v) is 3.60. The van der Waals surface area contributed by atoms with Crippen molar-refractivity contribution in [1.29, 1.82) is 0 Å². The average Bonchev–Trinajstić information content (AvgIpc) is 3.00. The minimum absolute atomic E-state index is 0.0446. The van der Waals surface area contributed by atoms with Gasteiger partial charge < -0.3 is 14.0 Å². The third-order valence-corrected chi connectivity index (χ3v) is 2.39. The second-order valence-electron chi connectivity index (χ2n) is 3.60. The fourth-order valence-electron chi connectivity index (χ4n) is 1.52. The third-order valence-electron chi connectivity index (χ3n) is 2.39. The quantitative estimate of drug-likeness (QED) is 0.752. The van der Waals surface area contributed by atoms with Gasteiger partial charge in [-0.05, 0) is 24.3 Å². The average molecular weight is 246 g/mol. The second kappa shape index (κ2) is 3.99. The van der Waals surface area contributed by atoms with E-state index in [1.165, 1.54) is 18.6 Å². The van der Waals surface area contributed by atoms with Crippen LogP contribution in [-0.4, -0.2) is 15.2 Å². The van der Waals surface area contributed by atoms with Crippen molar-refractivity contribution in [3.63, 3.8) is 0 Å². The molecule has 0 amide bonds. The molecule has 0 spiro atoms. The molecular formula is C12H7FN2O3. The molecule has 2 aromatic heterocycles. The molecule has 0 radical (unpaired) electrons. The summed E-state index contributed by atoms with van der Waals surface area (Å²) in [5, 5.41) is 13.3. The van der Waals surface area contributed by atoms with Crippen LogP contribution in [0.5, 0.6) is 5.75 Å². The van der Waals surface area contributed by atoms with Gasteiger partial charge in [-0.2, -0.15) is 4.98 Å². The SMILES string of the molecule is Oc1ccc(F)cc1-c1nc(-c2ccoc2)no1. The highest BCUT2D eigenvalue weighted by molar-refractivity contribution is 5.64. The van der Waals surface area contributed by atoms with E-state index in [1.807, 2.05) is 0 Å². The summed E-state index contributed by atoms with van der Waals surface area (Å²) < 4.78 is 23.0. The molecule has 0 aliphatic heterocycles. The van der Waals surface area contributed by atoms with Gasteiger partial charge in [0.25, 0.3) is 5.89 Å². The molecule has 0 aliphatic carbocycles. The van der Waals surface area contributed by atoms with Crippen molar-refractivity contribution in [3.05, 3.63) is 42.6 Å². The molecule has 0 fully saturated rings. The smallest absolute Gasteiger partial charge is 0.262 e. The predicted octanol–water partition coefficient (Wildman–Crippen LogP) is 2.84. The zero-order valence-electron chi connectivity index (χ0n) is 9.00. The van der Waals surface area contributed by atoms with Gasteiger partial charge in [0.05, 0.1) is 17.4 Å². The Morgan fingerprint density at radius 2 is 2.11 bits per heavy atom. The number of phenols is 1. The van der Waals surface area contributed by atoms with Gasteiger partial charge in [-0.1, -0.05) is 5.16 Å². The molecule has 0 bridgehead atoms. The zero-order chi connectivity index (χ0) is 12.5. The summed E-state index contributed by atoms with van der Waals surface area (Å²) in [5.74, 6) is -0.268. The Labute approximate surface area is 100 Å². The maximum Gasteiger partial charge on any atom is 0.262 e. The van der Waals surface area contributed by atoms with Crippen LogP contribution >= 0.6 is 0 Å². The van der Waals surface area contributed by atoms with Crippen LogP contribution < -0.4 is 0 Å². The Balaban J connectivity index is 2.05. The van der Waals surface area contributed by atoms with Gasteiger partial charge in [0, 0.05) is 0 Å². The number of rotatable bonds is 2. The number of aromatic hydroxyl groups is 1. The first-order valence-corrected chi connectivity index (χ1v) is 5.09. The molecule has 0 atom stereocenters. The molecule has 1 N–H and O–H groups in total. The molecule has 90 valence electrons. The number of hydrogen-bond acceptors (Lipinski definition) is 5. The summed E-state index contributed by atoms with van der Waals surface area (Å²) in [6.07, 6.45) is 2.94. The predicted molar refractivity (Wildman–Crippen MR) is 59.1 cm³/mol. The van der Waals surface area contributed by atoms with E-state index in [0.29, 0.717) is 11.4 Å². The molecule has 5 nitrogen and oxygen atoms in total. The van der Waals surface area contributed by atoms with Gasteiger partial charge in [0.15, 0.2) is 0 Å². The van der Waals surface area contributed by atoms with Crippen molar-refractivity contribution in [2.75, 3.05) is 0 Å².